The van der Waals surface area contributed by atoms with Gasteiger partial charge in [-0.25, -0.2) is 4.79 Å². The number of nitrogens with one attached hydrogen (secondary N) is 2. The fraction of sp³-hybridized carbons (Fsp3) is 0.190. The summed E-state index contributed by atoms with van der Waals surface area (Å²) in [6.45, 7) is 0.161. The van der Waals surface area contributed by atoms with E-state index >= 15 is 0 Å². The summed E-state index contributed by atoms with van der Waals surface area (Å²) in [5, 5.41) is 8.89. The van der Waals surface area contributed by atoms with Crippen molar-refractivity contribution in [3.8, 4) is 17.0 Å². The minimum absolute atomic E-state index is 0.121. The topological polar surface area (TPSA) is 127 Å². The van der Waals surface area contributed by atoms with Crippen LogP contribution in [-0.2, 0) is 16.9 Å². The Kier molecular flexibility index (Phi) is 4.21. The van der Waals surface area contributed by atoms with Gasteiger partial charge < -0.3 is 19.5 Å². The highest BCUT2D eigenvalue weighted by molar-refractivity contribution is 6.08. The number of benzene rings is 1. The number of urea groups is 1. The fourth-order valence-corrected chi connectivity index (χ4v) is 3.86. The summed E-state index contributed by atoms with van der Waals surface area (Å²) in [6.07, 6.45) is 3.23. The maximum atomic E-state index is 13.0. The zero-order chi connectivity index (χ0) is 21.6. The van der Waals surface area contributed by atoms with E-state index in [2.05, 4.69) is 20.8 Å². The number of amides is 4. The minimum atomic E-state index is -1.60. The van der Waals surface area contributed by atoms with E-state index in [1.54, 1.807) is 48.8 Å². The molecule has 3 aromatic rings. The molecule has 1 aromatic carbocycles. The second-order valence-electron chi connectivity index (χ2n) is 7.32. The Balaban J connectivity index is 1.50. The smallest absolute Gasteiger partial charge is 0.322 e. The van der Waals surface area contributed by atoms with Crippen molar-refractivity contribution >= 4 is 17.8 Å². The first-order valence-corrected chi connectivity index (χ1v) is 9.47. The van der Waals surface area contributed by atoms with Gasteiger partial charge in [-0.15, -0.1) is 0 Å². The molecule has 0 radical (unpaired) electrons. The molecule has 0 aliphatic carbocycles. The molecule has 1 fully saturated rings. The lowest BCUT2D eigenvalue weighted by Crippen LogP contribution is -2.52. The molecule has 5 rings (SSSR count). The van der Waals surface area contributed by atoms with E-state index in [-0.39, 0.29) is 24.8 Å². The first-order chi connectivity index (χ1) is 15.0. The van der Waals surface area contributed by atoms with E-state index in [4.69, 9.17) is 9.26 Å². The van der Waals surface area contributed by atoms with Crippen LogP contribution in [-0.4, -0.2) is 46.5 Å². The van der Waals surface area contributed by atoms with Gasteiger partial charge in [0.15, 0.2) is 11.3 Å². The van der Waals surface area contributed by atoms with E-state index in [1.807, 2.05) is 0 Å². The van der Waals surface area contributed by atoms with Crippen LogP contribution in [0.3, 0.4) is 0 Å². The lowest BCUT2D eigenvalue weighted by molar-refractivity contribution is -0.125. The molecule has 1 atom stereocenters. The van der Waals surface area contributed by atoms with Crippen molar-refractivity contribution in [1.29, 1.82) is 0 Å². The van der Waals surface area contributed by atoms with Crippen molar-refractivity contribution in [2.45, 2.75) is 12.1 Å². The summed E-state index contributed by atoms with van der Waals surface area (Å²) in [5.74, 6) is -0.204. The predicted octanol–water partition coefficient (Wildman–Crippen LogP) is 1.44. The molecule has 2 aromatic heterocycles. The molecule has 10 heteroatoms. The first kappa shape index (κ1) is 18.8. The summed E-state index contributed by atoms with van der Waals surface area (Å²) in [4.78, 5) is 43.5. The van der Waals surface area contributed by atoms with Gasteiger partial charge in [-0.05, 0) is 29.8 Å². The molecule has 0 unspecified atom stereocenters. The van der Waals surface area contributed by atoms with Crippen LogP contribution in [0.15, 0.2) is 53.3 Å². The monoisotopic (exact) mass is 419 g/mol. The molecule has 0 bridgehead atoms. The third-order valence-corrected chi connectivity index (χ3v) is 5.45. The fourth-order valence-electron chi connectivity index (χ4n) is 3.86. The average molecular weight is 419 g/mol. The zero-order valence-electron chi connectivity index (χ0n) is 16.4. The molecule has 2 N–H and O–H groups in total. The number of carbonyl (C=O) groups is 3. The quantitative estimate of drug-likeness (QED) is 0.599. The molecule has 0 spiro atoms. The van der Waals surface area contributed by atoms with Gasteiger partial charge in [0.1, 0.15) is 11.4 Å². The Morgan fingerprint density at radius 3 is 2.81 bits per heavy atom. The van der Waals surface area contributed by atoms with Gasteiger partial charge in [0.05, 0.1) is 13.7 Å². The molecule has 31 heavy (non-hydrogen) atoms. The van der Waals surface area contributed by atoms with Gasteiger partial charge in [-0.3, -0.25) is 19.9 Å². The van der Waals surface area contributed by atoms with Crippen LogP contribution in [0, 0.1) is 0 Å². The van der Waals surface area contributed by atoms with Crippen LogP contribution in [0.25, 0.3) is 11.3 Å². The van der Waals surface area contributed by atoms with Crippen molar-refractivity contribution in [2.24, 2.45) is 0 Å². The van der Waals surface area contributed by atoms with Crippen molar-refractivity contribution in [1.82, 2.24) is 25.7 Å². The number of aromatic nitrogens is 2. The molecule has 2 aliphatic rings. The Bertz CT molecular complexity index is 1210. The van der Waals surface area contributed by atoms with Gasteiger partial charge in [-0.1, -0.05) is 11.2 Å². The lowest BCUT2D eigenvalue weighted by atomic mass is 9.94. The maximum Gasteiger partial charge on any atom is 0.322 e. The summed E-state index contributed by atoms with van der Waals surface area (Å²) in [7, 11) is 1.52. The number of imide groups is 1. The van der Waals surface area contributed by atoms with Gasteiger partial charge in [0.25, 0.3) is 11.8 Å². The van der Waals surface area contributed by atoms with Gasteiger partial charge >= 0.3 is 6.03 Å². The molecular formula is C21H17N5O5. The number of carbonyl (C=O) groups excluding carboxylic acids is 3. The molecular weight excluding hydrogens is 402 g/mol. The third kappa shape index (κ3) is 3.00. The van der Waals surface area contributed by atoms with E-state index in [1.165, 1.54) is 12.0 Å². The standard InChI is InChI=1S/C21H17N5O5/c1-30-14-5-4-13-10-26(18(27)15(13)7-14)11-21(19(28)23-20(29)24-21)17-8-16(25-31-17)12-3-2-6-22-9-12/h2-9H,10-11H2,1H3,(H2,23,24,28,29)/t21-/m0/s1. The van der Waals surface area contributed by atoms with E-state index in [0.29, 0.717) is 22.6 Å². The molecule has 10 nitrogen and oxygen atoms in total. The number of ether oxygens (including phenoxy) is 1. The Morgan fingerprint density at radius 1 is 1.23 bits per heavy atom. The first-order valence-electron chi connectivity index (χ1n) is 9.47. The Labute approximate surface area is 176 Å². The number of fused-ring (bicyclic) bond motifs is 1. The molecule has 0 saturated carbocycles. The van der Waals surface area contributed by atoms with Crippen molar-refractivity contribution in [3.05, 3.63) is 65.7 Å². The Hall–Kier alpha value is -4.21. The number of hydrogen-bond donors (Lipinski definition) is 2. The summed E-state index contributed by atoms with van der Waals surface area (Å²) < 4.78 is 10.7. The van der Waals surface area contributed by atoms with E-state index in [9.17, 15) is 14.4 Å². The van der Waals surface area contributed by atoms with Crippen LogP contribution in [0.4, 0.5) is 4.79 Å². The highest BCUT2D eigenvalue weighted by Crippen LogP contribution is 2.33. The molecule has 156 valence electrons. The number of rotatable bonds is 5. The predicted molar refractivity (Wildman–Crippen MR) is 106 cm³/mol. The summed E-state index contributed by atoms with van der Waals surface area (Å²) >= 11 is 0. The summed E-state index contributed by atoms with van der Waals surface area (Å²) in [6, 6.07) is 9.68. The highest BCUT2D eigenvalue weighted by Gasteiger charge is 2.53. The minimum Gasteiger partial charge on any atom is -0.497 e. The van der Waals surface area contributed by atoms with Crippen LogP contribution in [0.2, 0.25) is 0 Å². The SMILES string of the molecule is COc1ccc2c(c1)C(=O)N(C[C@@]1(c3cc(-c4cccnc4)no3)NC(=O)NC1=O)C2. The molecule has 4 heterocycles. The number of pyridine rings is 1. The second-order valence-corrected chi connectivity index (χ2v) is 7.32. The van der Waals surface area contributed by atoms with E-state index in [0.717, 1.165) is 5.56 Å². The van der Waals surface area contributed by atoms with Crippen LogP contribution >= 0.6 is 0 Å². The van der Waals surface area contributed by atoms with Crippen molar-refractivity contribution < 1.29 is 23.6 Å². The lowest BCUT2D eigenvalue weighted by Gasteiger charge is -2.28. The van der Waals surface area contributed by atoms with Crippen molar-refractivity contribution in [2.75, 3.05) is 13.7 Å². The highest BCUT2D eigenvalue weighted by atomic mass is 16.5. The van der Waals surface area contributed by atoms with Gasteiger partial charge in [0.2, 0.25) is 0 Å². The van der Waals surface area contributed by atoms with Crippen molar-refractivity contribution in [3.63, 3.8) is 0 Å². The molecule has 4 amide bonds. The van der Waals surface area contributed by atoms with Crippen LogP contribution in [0.5, 0.6) is 5.75 Å². The number of nitrogens with zero attached hydrogens (tertiary/aromatic N) is 3. The zero-order valence-corrected chi connectivity index (χ0v) is 16.4. The van der Waals surface area contributed by atoms with Gasteiger partial charge in [0, 0.05) is 36.1 Å². The largest absolute Gasteiger partial charge is 0.497 e. The average Bonchev–Trinajstić information content (AvgIpc) is 3.46. The molecule has 2 aliphatic heterocycles. The Morgan fingerprint density at radius 2 is 2.10 bits per heavy atom. The normalized spacial score (nSPS) is 19.9. The van der Waals surface area contributed by atoms with Crippen LogP contribution < -0.4 is 15.4 Å². The third-order valence-electron chi connectivity index (χ3n) is 5.45. The number of methoxy groups -OCH3 is 1. The van der Waals surface area contributed by atoms with Gasteiger partial charge in [-0.2, -0.15) is 0 Å². The number of hydrogen-bond acceptors (Lipinski definition) is 7. The van der Waals surface area contributed by atoms with E-state index < -0.39 is 17.5 Å². The van der Waals surface area contributed by atoms with Crippen LogP contribution in [0.1, 0.15) is 21.7 Å². The second kappa shape index (κ2) is 6.94. The molecule has 1 saturated heterocycles. The summed E-state index contributed by atoms with van der Waals surface area (Å²) in [5.41, 5.74) is 0.838. The maximum absolute atomic E-state index is 13.0.